The van der Waals surface area contributed by atoms with Crippen LogP contribution in [0.25, 0.3) is 0 Å². The van der Waals surface area contributed by atoms with Crippen molar-refractivity contribution in [1.82, 2.24) is 5.32 Å². The van der Waals surface area contributed by atoms with Gasteiger partial charge in [0.25, 0.3) is 5.91 Å². The first kappa shape index (κ1) is 15.5. The molecular weight excluding hydrogens is 282 g/mol. The van der Waals surface area contributed by atoms with Crippen LogP contribution in [0, 0.1) is 13.8 Å². The number of hydrogen-bond acceptors (Lipinski definition) is 4. The summed E-state index contributed by atoms with van der Waals surface area (Å²) in [4.78, 5) is 14.8. The van der Waals surface area contributed by atoms with E-state index in [1.807, 2.05) is 26.0 Å². The SMILES string of the molecule is Cc1ccc(CC(C)NC(=O)c2ccc(NN)c(C)c2)s1. The first-order valence-corrected chi connectivity index (χ1v) is 7.74. The van der Waals surface area contributed by atoms with E-state index in [4.69, 9.17) is 5.84 Å². The maximum Gasteiger partial charge on any atom is 0.251 e. The molecule has 1 unspecified atom stereocenters. The number of rotatable bonds is 5. The molecule has 5 heteroatoms. The molecule has 2 rings (SSSR count). The zero-order valence-electron chi connectivity index (χ0n) is 12.6. The Morgan fingerprint density at radius 1 is 1.29 bits per heavy atom. The highest BCUT2D eigenvalue weighted by Crippen LogP contribution is 2.18. The average molecular weight is 303 g/mol. The molecule has 2 aromatic rings. The van der Waals surface area contributed by atoms with Crippen molar-refractivity contribution in [3.8, 4) is 0 Å². The van der Waals surface area contributed by atoms with Gasteiger partial charge in [-0.15, -0.1) is 11.3 Å². The molecule has 1 amide bonds. The summed E-state index contributed by atoms with van der Waals surface area (Å²) in [6.07, 6.45) is 0.853. The molecule has 0 aliphatic rings. The van der Waals surface area contributed by atoms with Crippen LogP contribution in [0.3, 0.4) is 0 Å². The van der Waals surface area contributed by atoms with E-state index in [-0.39, 0.29) is 11.9 Å². The van der Waals surface area contributed by atoms with Crippen molar-refractivity contribution >= 4 is 22.9 Å². The predicted molar refractivity (Wildman–Crippen MR) is 88.7 cm³/mol. The number of nitrogens with two attached hydrogens (primary N) is 1. The van der Waals surface area contributed by atoms with Crippen LogP contribution in [0.4, 0.5) is 5.69 Å². The zero-order chi connectivity index (χ0) is 15.4. The molecule has 0 bridgehead atoms. The van der Waals surface area contributed by atoms with E-state index in [1.54, 1.807) is 17.4 Å². The lowest BCUT2D eigenvalue weighted by molar-refractivity contribution is 0.0940. The number of aryl methyl sites for hydroxylation is 2. The monoisotopic (exact) mass is 303 g/mol. The van der Waals surface area contributed by atoms with Gasteiger partial charge in [0.2, 0.25) is 0 Å². The van der Waals surface area contributed by atoms with Crippen molar-refractivity contribution in [3.05, 3.63) is 51.2 Å². The Kier molecular flexibility index (Phi) is 4.98. The number of hydrogen-bond donors (Lipinski definition) is 3. The lowest BCUT2D eigenvalue weighted by Gasteiger charge is -2.14. The molecule has 0 radical (unpaired) electrons. The summed E-state index contributed by atoms with van der Waals surface area (Å²) in [6.45, 7) is 6.03. The second-order valence-electron chi connectivity index (χ2n) is 5.27. The van der Waals surface area contributed by atoms with Gasteiger partial charge in [0.05, 0.1) is 5.69 Å². The minimum atomic E-state index is -0.0533. The number of nitrogen functional groups attached to an aromatic ring is 1. The first-order chi connectivity index (χ1) is 9.99. The quantitative estimate of drug-likeness (QED) is 0.587. The fourth-order valence-corrected chi connectivity index (χ4v) is 3.24. The van der Waals surface area contributed by atoms with Gasteiger partial charge in [-0.25, -0.2) is 0 Å². The number of thiophene rings is 1. The molecule has 21 heavy (non-hydrogen) atoms. The summed E-state index contributed by atoms with van der Waals surface area (Å²) in [7, 11) is 0. The number of amides is 1. The Bertz CT molecular complexity index is 636. The molecule has 1 aromatic carbocycles. The van der Waals surface area contributed by atoms with Gasteiger partial charge in [-0.1, -0.05) is 0 Å². The van der Waals surface area contributed by atoms with Crippen LogP contribution in [-0.2, 0) is 6.42 Å². The van der Waals surface area contributed by atoms with Crippen LogP contribution >= 0.6 is 11.3 Å². The molecule has 1 aromatic heterocycles. The third-order valence-electron chi connectivity index (χ3n) is 3.32. The smallest absolute Gasteiger partial charge is 0.251 e. The summed E-state index contributed by atoms with van der Waals surface area (Å²) in [5, 5.41) is 3.03. The highest BCUT2D eigenvalue weighted by Gasteiger charge is 2.12. The maximum absolute atomic E-state index is 12.2. The van der Waals surface area contributed by atoms with Gasteiger partial charge in [0.15, 0.2) is 0 Å². The summed E-state index contributed by atoms with van der Waals surface area (Å²) in [6, 6.07) is 9.76. The molecule has 4 nitrogen and oxygen atoms in total. The van der Waals surface area contributed by atoms with Crippen molar-refractivity contribution in [2.45, 2.75) is 33.2 Å². The van der Waals surface area contributed by atoms with Crippen molar-refractivity contribution in [2.24, 2.45) is 5.84 Å². The summed E-state index contributed by atoms with van der Waals surface area (Å²) >= 11 is 1.77. The van der Waals surface area contributed by atoms with E-state index in [1.165, 1.54) is 9.75 Å². The van der Waals surface area contributed by atoms with Gasteiger partial charge >= 0.3 is 0 Å². The van der Waals surface area contributed by atoms with Crippen molar-refractivity contribution in [2.75, 3.05) is 5.43 Å². The molecule has 0 saturated heterocycles. The van der Waals surface area contributed by atoms with Gasteiger partial charge in [0.1, 0.15) is 0 Å². The second kappa shape index (κ2) is 6.74. The average Bonchev–Trinajstić information content (AvgIpc) is 2.83. The molecule has 1 heterocycles. The minimum absolute atomic E-state index is 0.0533. The highest BCUT2D eigenvalue weighted by atomic mass is 32.1. The van der Waals surface area contributed by atoms with Gasteiger partial charge in [-0.05, 0) is 56.7 Å². The number of nitrogens with one attached hydrogen (secondary N) is 2. The van der Waals surface area contributed by atoms with Gasteiger partial charge < -0.3 is 10.7 Å². The molecule has 1 atom stereocenters. The van der Waals surface area contributed by atoms with Gasteiger partial charge in [-0.3, -0.25) is 10.6 Å². The van der Waals surface area contributed by atoms with Crippen LogP contribution in [0.2, 0.25) is 0 Å². The van der Waals surface area contributed by atoms with Gasteiger partial charge in [-0.2, -0.15) is 0 Å². The first-order valence-electron chi connectivity index (χ1n) is 6.93. The van der Waals surface area contributed by atoms with Crippen LogP contribution in [0.1, 0.15) is 32.6 Å². The molecule has 0 aliphatic carbocycles. The van der Waals surface area contributed by atoms with Crippen molar-refractivity contribution < 1.29 is 4.79 Å². The topological polar surface area (TPSA) is 67.2 Å². The Balaban J connectivity index is 1.98. The maximum atomic E-state index is 12.2. The third-order valence-corrected chi connectivity index (χ3v) is 4.35. The number of benzene rings is 1. The van der Waals surface area contributed by atoms with E-state index in [2.05, 4.69) is 29.8 Å². The summed E-state index contributed by atoms with van der Waals surface area (Å²) < 4.78 is 0. The zero-order valence-corrected chi connectivity index (χ0v) is 13.4. The number of carbonyl (C=O) groups is 1. The summed E-state index contributed by atoms with van der Waals surface area (Å²) in [5.74, 6) is 5.34. The lowest BCUT2D eigenvalue weighted by Crippen LogP contribution is -2.33. The Labute approximate surface area is 129 Å². The summed E-state index contributed by atoms with van der Waals surface area (Å²) in [5.41, 5.74) is 5.04. The second-order valence-corrected chi connectivity index (χ2v) is 6.64. The van der Waals surface area contributed by atoms with Crippen molar-refractivity contribution in [3.63, 3.8) is 0 Å². The molecule has 0 aliphatic heterocycles. The molecule has 0 saturated carbocycles. The number of anilines is 1. The Morgan fingerprint density at radius 3 is 2.62 bits per heavy atom. The normalized spacial score (nSPS) is 12.0. The standard InChI is InChI=1S/C16H21N3OS/c1-10-8-13(5-7-15(10)19-17)16(20)18-11(2)9-14-6-4-12(3)21-14/h4-8,11,19H,9,17H2,1-3H3,(H,18,20). The highest BCUT2D eigenvalue weighted by molar-refractivity contribution is 7.11. The number of carbonyl (C=O) groups excluding carboxylic acids is 1. The van der Waals surface area contributed by atoms with E-state index < -0.39 is 0 Å². The fourth-order valence-electron chi connectivity index (χ4n) is 2.22. The van der Waals surface area contributed by atoms with E-state index >= 15 is 0 Å². The molecular formula is C16H21N3OS. The van der Waals surface area contributed by atoms with E-state index in [9.17, 15) is 4.79 Å². The lowest BCUT2D eigenvalue weighted by atomic mass is 10.1. The van der Waals surface area contributed by atoms with E-state index in [0.29, 0.717) is 5.56 Å². The molecule has 112 valence electrons. The molecule has 4 N–H and O–H groups in total. The van der Waals surface area contributed by atoms with Crippen molar-refractivity contribution in [1.29, 1.82) is 0 Å². The van der Waals surface area contributed by atoms with Crippen LogP contribution in [0.15, 0.2) is 30.3 Å². The van der Waals surface area contributed by atoms with E-state index in [0.717, 1.165) is 17.7 Å². The predicted octanol–water partition coefficient (Wildman–Crippen LogP) is 3.01. The van der Waals surface area contributed by atoms with Crippen LogP contribution in [-0.4, -0.2) is 11.9 Å². The Morgan fingerprint density at radius 2 is 2.05 bits per heavy atom. The molecule has 0 spiro atoms. The van der Waals surface area contributed by atoms with Crippen LogP contribution < -0.4 is 16.6 Å². The third kappa shape index (κ3) is 4.06. The molecule has 0 fully saturated rings. The fraction of sp³-hybridized carbons (Fsp3) is 0.312. The minimum Gasteiger partial charge on any atom is -0.349 e. The largest absolute Gasteiger partial charge is 0.349 e. The Hall–Kier alpha value is -1.85. The number of hydrazine groups is 1. The van der Waals surface area contributed by atoms with Gasteiger partial charge in [0, 0.05) is 27.8 Å². The van der Waals surface area contributed by atoms with Crippen LogP contribution in [0.5, 0.6) is 0 Å².